The summed E-state index contributed by atoms with van der Waals surface area (Å²) in [5.41, 5.74) is 0. The van der Waals surface area contributed by atoms with Crippen molar-refractivity contribution < 1.29 is 0 Å². The summed E-state index contributed by atoms with van der Waals surface area (Å²) >= 11 is 9.58. The molecule has 0 aromatic heterocycles. The highest BCUT2D eigenvalue weighted by molar-refractivity contribution is 9.24. The van der Waals surface area contributed by atoms with Crippen LogP contribution in [0.4, 0.5) is 0 Å². The van der Waals surface area contributed by atoms with Crippen LogP contribution in [-0.4, -0.2) is 8.36 Å². The van der Waals surface area contributed by atoms with Crippen LogP contribution < -0.4 is 0 Å². The zero-order chi connectivity index (χ0) is 5.86. The van der Waals surface area contributed by atoms with E-state index in [4.69, 9.17) is 12.2 Å². The third-order valence-electron chi connectivity index (χ3n) is 0.328. The Morgan fingerprint density at radius 1 is 1.71 bits per heavy atom. The average Bonchev–Trinajstić information content (AvgIpc) is 1.27. The molecule has 0 aromatic rings. The lowest BCUT2D eigenvalue weighted by molar-refractivity contribution is 1.12. The molecule has 0 aliphatic carbocycles. The third kappa shape index (κ3) is 6.92. The molecule has 0 spiro atoms. The molecule has 0 amide bonds. The van der Waals surface area contributed by atoms with E-state index in [9.17, 15) is 0 Å². The fourth-order valence-electron chi connectivity index (χ4n) is 0.185. The molecule has 0 saturated carbocycles. The minimum Gasteiger partial charge on any atom is -0.104 e. The zero-order valence-corrected chi connectivity index (χ0v) is 7.49. The molecule has 0 unspecified atom stereocenters. The lowest BCUT2D eigenvalue weighted by Gasteiger charge is -1.96. The van der Waals surface area contributed by atoms with E-state index in [-0.39, 0.29) is 0 Å². The lowest BCUT2D eigenvalue weighted by atomic mass is 10.6. The predicted octanol–water partition coefficient (Wildman–Crippen LogP) is 2.81. The monoisotopic (exact) mass is 198 g/mol. The quantitative estimate of drug-likeness (QED) is 0.470. The van der Waals surface area contributed by atoms with Crippen LogP contribution in [-0.2, 0) is 0 Å². The van der Waals surface area contributed by atoms with E-state index in [2.05, 4.69) is 29.8 Å². The smallest absolute Gasteiger partial charge is 0.104 e. The highest BCUT2D eigenvalue weighted by Crippen LogP contribution is 2.15. The molecule has 0 nitrogen and oxygen atoms in total. The molecule has 0 fully saturated rings. The molecule has 0 radical (unpaired) electrons. The summed E-state index contributed by atoms with van der Waals surface area (Å²) in [6.07, 6.45) is 0. The van der Waals surface area contributed by atoms with E-state index in [1.165, 1.54) is 0 Å². The van der Waals surface area contributed by atoms with Gasteiger partial charge in [-0.15, -0.1) is 11.8 Å². The molecule has 0 saturated heterocycles. The maximum atomic E-state index is 4.75. The SMILES string of the molecule is CC(C)SC(=S)Br. The summed E-state index contributed by atoms with van der Waals surface area (Å²) in [6.45, 7) is 4.22. The fourth-order valence-corrected chi connectivity index (χ4v) is 2.25. The van der Waals surface area contributed by atoms with Crippen molar-refractivity contribution in [3.8, 4) is 0 Å². The van der Waals surface area contributed by atoms with Gasteiger partial charge in [0.15, 0.2) is 0 Å². The second-order valence-corrected chi connectivity index (χ2v) is 5.50. The first kappa shape index (κ1) is 7.92. The van der Waals surface area contributed by atoms with Gasteiger partial charge < -0.3 is 0 Å². The Labute approximate surface area is 62.2 Å². The summed E-state index contributed by atoms with van der Waals surface area (Å²) in [4.78, 5) is 0. The first-order valence-corrected chi connectivity index (χ1v) is 4.07. The van der Waals surface area contributed by atoms with E-state index < -0.39 is 0 Å². The van der Waals surface area contributed by atoms with Crippen molar-refractivity contribution in [2.45, 2.75) is 19.1 Å². The molecule has 0 aliphatic rings. The minimum absolute atomic E-state index is 0.604. The van der Waals surface area contributed by atoms with Crippen molar-refractivity contribution in [3.05, 3.63) is 0 Å². The van der Waals surface area contributed by atoms with Crippen LogP contribution in [0.2, 0.25) is 0 Å². The van der Waals surface area contributed by atoms with Crippen LogP contribution in [0, 0.1) is 0 Å². The Morgan fingerprint density at radius 2 is 2.14 bits per heavy atom. The molecule has 0 heterocycles. The molecule has 0 aliphatic heterocycles. The van der Waals surface area contributed by atoms with E-state index in [0.717, 1.165) is 3.11 Å². The first-order valence-electron chi connectivity index (χ1n) is 1.99. The van der Waals surface area contributed by atoms with Gasteiger partial charge in [0.2, 0.25) is 0 Å². The van der Waals surface area contributed by atoms with Crippen LogP contribution in [0.15, 0.2) is 0 Å². The topological polar surface area (TPSA) is 0 Å². The number of hydrogen-bond acceptors (Lipinski definition) is 2. The number of thioether (sulfide) groups is 1. The van der Waals surface area contributed by atoms with Crippen LogP contribution >= 0.6 is 39.9 Å². The van der Waals surface area contributed by atoms with Gasteiger partial charge >= 0.3 is 0 Å². The van der Waals surface area contributed by atoms with Crippen LogP contribution in [0.25, 0.3) is 0 Å². The second-order valence-electron chi connectivity index (χ2n) is 1.40. The largest absolute Gasteiger partial charge is 0.114 e. The fraction of sp³-hybridized carbons (Fsp3) is 0.750. The molecule has 0 atom stereocenters. The standard InChI is InChI=1S/C4H7BrS2/c1-3(2)7-4(5)6/h3H,1-2H3. The highest BCUT2D eigenvalue weighted by atomic mass is 79.9. The molecule has 0 aromatic carbocycles. The highest BCUT2D eigenvalue weighted by Gasteiger charge is 1.93. The number of rotatable bonds is 1. The molecular weight excluding hydrogens is 192 g/mol. The zero-order valence-electron chi connectivity index (χ0n) is 4.27. The van der Waals surface area contributed by atoms with Gasteiger partial charge in [-0.3, -0.25) is 0 Å². The second kappa shape index (κ2) is 3.87. The van der Waals surface area contributed by atoms with Gasteiger partial charge in [-0.2, -0.15) is 0 Å². The van der Waals surface area contributed by atoms with Crippen molar-refractivity contribution in [2.75, 3.05) is 0 Å². The van der Waals surface area contributed by atoms with Crippen molar-refractivity contribution in [1.29, 1.82) is 0 Å². The van der Waals surface area contributed by atoms with E-state index in [1.54, 1.807) is 11.8 Å². The van der Waals surface area contributed by atoms with Crippen molar-refractivity contribution in [2.24, 2.45) is 0 Å². The Kier molecular flexibility index (Phi) is 4.37. The average molecular weight is 199 g/mol. The van der Waals surface area contributed by atoms with E-state index >= 15 is 0 Å². The van der Waals surface area contributed by atoms with Crippen LogP contribution in [0.1, 0.15) is 13.8 Å². The summed E-state index contributed by atoms with van der Waals surface area (Å²) in [7, 11) is 0. The molecule has 0 rings (SSSR count). The maximum absolute atomic E-state index is 4.75. The van der Waals surface area contributed by atoms with Gasteiger partial charge in [0, 0.05) is 5.25 Å². The molecule has 3 heteroatoms. The van der Waals surface area contributed by atoms with E-state index in [0.29, 0.717) is 5.25 Å². The Balaban J connectivity index is 3.13. The van der Waals surface area contributed by atoms with Gasteiger partial charge in [0.25, 0.3) is 0 Å². The molecule has 42 valence electrons. The van der Waals surface area contributed by atoms with Gasteiger partial charge in [0.05, 0.1) is 0 Å². The maximum Gasteiger partial charge on any atom is 0.114 e. The van der Waals surface area contributed by atoms with Gasteiger partial charge in [0.1, 0.15) is 3.11 Å². The summed E-state index contributed by atoms with van der Waals surface area (Å²) < 4.78 is 0.850. The Bertz CT molecular complexity index is 70.1. The van der Waals surface area contributed by atoms with Crippen molar-refractivity contribution in [3.63, 3.8) is 0 Å². The Hall–Kier alpha value is 0.920. The molecule has 0 bridgehead atoms. The minimum atomic E-state index is 0.604. The molecule has 7 heavy (non-hydrogen) atoms. The van der Waals surface area contributed by atoms with Crippen molar-refractivity contribution >= 4 is 43.0 Å². The van der Waals surface area contributed by atoms with Crippen LogP contribution in [0.3, 0.4) is 0 Å². The van der Waals surface area contributed by atoms with Gasteiger partial charge in [-0.05, 0) is 15.9 Å². The number of halogens is 1. The number of thiocarbonyl (C=S) groups is 1. The number of hydrogen-bond donors (Lipinski definition) is 0. The molecular formula is C4H7BrS2. The molecule has 0 N–H and O–H groups in total. The van der Waals surface area contributed by atoms with E-state index in [1.807, 2.05) is 0 Å². The predicted molar refractivity (Wildman–Crippen MR) is 44.3 cm³/mol. The first-order chi connectivity index (χ1) is 3.13. The van der Waals surface area contributed by atoms with Crippen molar-refractivity contribution in [1.82, 2.24) is 0 Å². The summed E-state index contributed by atoms with van der Waals surface area (Å²) in [5.74, 6) is 0. The van der Waals surface area contributed by atoms with Gasteiger partial charge in [-0.1, -0.05) is 26.1 Å². The lowest BCUT2D eigenvalue weighted by Crippen LogP contribution is -1.86. The normalized spacial score (nSPS) is 9.71. The van der Waals surface area contributed by atoms with Gasteiger partial charge in [-0.25, -0.2) is 0 Å². The van der Waals surface area contributed by atoms with Crippen LogP contribution in [0.5, 0.6) is 0 Å². The summed E-state index contributed by atoms with van der Waals surface area (Å²) in [5, 5.41) is 0.604. The third-order valence-corrected chi connectivity index (χ3v) is 1.83. The summed E-state index contributed by atoms with van der Waals surface area (Å²) in [6, 6.07) is 0. The Morgan fingerprint density at radius 3 is 2.14 bits per heavy atom.